The Hall–Kier alpha value is -2.59. The van der Waals surface area contributed by atoms with Crippen molar-refractivity contribution in [1.82, 2.24) is 29.7 Å². The van der Waals surface area contributed by atoms with Crippen LogP contribution in [0.2, 0.25) is 0 Å². The summed E-state index contributed by atoms with van der Waals surface area (Å²) in [6.45, 7) is 3.16. The van der Waals surface area contributed by atoms with Crippen LogP contribution < -0.4 is 4.90 Å². The second-order valence-electron chi connectivity index (χ2n) is 5.88. The van der Waals surface area contributed by atoms with E-state index < -0.39 is 6.10 Å². The first kappa shape index (κ1) is 15.0. The molecule has 0 bridgehead atoms. The van der Waals surface area contributed by atoms with Crippen LogP contribution in [-0.2, 0) is 6.54 Å². The summed E-state index contributed by atoms with van der Waals surface area (Å²) in [4.78, 5) is 19.3. The van der Waals surface area contributed by atoms with Gasteiger partial charge in [0.2, 0.25) is 5.89 Å². The lowest BCUT2D eigenvalue weighted by atomic mass is 10.0. The van der Waals surface area contributed by atoms with Crippen LogP contribution in [-0.4, -0.2) is 65.7 Å². The number of anilines is 1. The van der Waals surface area contributed by atoms with E-state index in [9.17, 15) is 5.11 Å². The molecule has 4 heterocycles. The second kappa shape index (κ2) is 5.80. The number of hydrogen-bond acceptors (Lipinski definition) is 9. The number of aliphatic hydroxyl groups excluding tert-OH is 2. The van der Waals surface area contributed by atoms with Crippen LogP contribution in [0.3, 0.4) is 0 Å². The predicted octanol–water partition coefficient (Wildman–Crippen LogP) is -0.525. The van der Waals surface area contributed by atoms with Crippen LogP contribution in [0.25, 0.3) is 11.2 Å². The standard InChI is InChI=1S/C14H17N7O3/c1-8-18-14(24-19-8)9-2-20(3-9)12-11-13(16-6-15-12)21(7-17-11)4-10(23)5-22/h6-7,9-10,22-23H,2-5H2,1H3. The van der Waals surface area contributed by atoms with Crippen molar-refractivity contribution in [3.63, 3.8) is 0 Å². The molecule has 1 unspecified atom stereocenters. The van der Waals surface area contributed by atoms with Crippen molar-refractivity contribution in [3.8, 4) is 0 Å². The average molecular weight is 331 g/mol. The van der Waals surface area contributed by atoms with E-state index in [0.29, 0.717) is 22.9 Å². The number of hydrogen-bond donors (Lipinski definition) is 2. The molecule has 0 aromatic carbocycles. The van der Waals surface area contributed by atoms with Crippen molar-refractivity contribution in [2.45, 2.75) is 25.5 Å². The zero-order valence-corrected chi connectivity index (χ0v) is 13.1. The van der Waals surface area contributed by atoms with Gasteiger partial charge in [-0.3, -0.25) is 0 Å². The molecule has 3 aromatic heterocycles. The number of nitrogens with zero attached hydrogens (tertiary/aromatic N) is 7. The van der Waals surface area contributed by atoms with Crippen molar-refractivity contribution < 1.29 is 14.7 Å². The van der Waals surface area contributed by atoms with E-state index >= 15 is 0 Å². The normalized spacial score (nSPS) is 16.5. The van der Waals surface area contributed by atoms with Gasteiger partial charge in [0.05, 0.1) is 31.5 Å². The van der Waals surface area contributed by atoms with Crippen LogP contribution in [0.15, 0.2) is 17.2 Å². The van der Waals surface area contributed by atoms with Gasteiger partial charge >= 0.3 is 0 Å². The fraction of sp³-hybridized carbons (Fsp3) is 0.500. The minimum absolute atomic E-state index is 0.189. The van der Waals surface area contributed by atoms with E-state index in [1.807, 2.05) is 0 Å². The maximum atomic E-state index is 9.61. The Bertz CT molecular complexity index is 855. The third kappa shape index (κ3) is 2.49. The third-order valence-electron chi connectivity index (χ3n) is 4.07. The molecule has 0 saturated carbocycles. The number of aliphatic hydroxyl groups is 2. The number of imidazole rings is 1. The van der Waals surface area contributed by atoms with Gasteiger partial charge in [0.1, 0.15) is 6.33 Å². The molecule has 24 heavy (non-hydrogen) atoms. The predicted molar refractivity (Wildman–Crippen MR) is 82.4 cm³/mol. The number of aryl methyl sites for hydroxylation is 1. The van der Waals surface area contributed by atoms with E-state index in [4.69, 9.17) is 9.63 Å². The highest BCUT2D eigenvalue weighted by Crippen LogP contribution is 2.32. The van der Waals surface area contributed by atoms with E-state index in [0.717, 1.165) is 18.9 Å². The van der Waals surface area contributed by atoms with Crippen LogP contribution in [0.1, 0.15) is 17.6 Å². The minimum Gasteiger partial charge on any atom is -0.394 e. The molecule has 10 heteroatoms. The molecule has 3 aromatic rings. The minimum atomic E-state index is -0.852. The maximum absolute atomic E-state index is 9.61. The van der Waals surface area contributed by atoms with E-state index in [1.54, 1.807) is 17.8 Å². The fourth-order valence-corrected chi connectivity index (χ4v) is 2.80. The zero-order chi connectivity index (χ0) is 16.7. The van der Waals surface area contributed by atoms with Gasteiger partial charge in [-0.05, 0) is 6.92 Å². The van der Waals surface area contributed by atoms with Crippen LogP contribution >= 0.6 is 0 Å². The largest absolute Gasteiger partial charge is 0.394 e. The number of rotatable bonds is 5. The van der Waals surface area contributed by atoms with E-state index in [-0.39, 0.29) is 19.1 Å². The maximum Gasteiger partial charge on any atom is 0.233 e. The molecule has 126 valence electrons. The monoisotopic (exact) mass is 331 g/mol. The molecule has 1 aliphatic heterocycles. The van der Waals surface area contributed by atoms with Crippen molar-refractivity contribution in [1.29, 1.82) is 0 Å². The molecule has 4 rings (SSSR count). The fourth-order valence-electron chi connectivity index (χ4n) is 2.80. The van der Waals surface area contributed by atoms with Gasteiger partial charge in [-0.1, -0.05) is 5.16 Å². The summed E-state index contributed by atoms with van der Waals surface area (Å²) in [5, 5.41) is 22.4. The van der Waals surface area contributed by atoms with Gasteiger partial charge in [0.25, 0.3) is 0 Å². The van der Waals surface area contributed by atoms with Gasteiger partial charge in [0.15, 0.2) is 22.8 Å². The molecule has 0 amide bonds. The first-order chi connectivity index (χ1) is 11.7. The summed E-state index contributed by atoms with van der Waals surface area (Å²) >= 11 is 0. The van der Waals surface area contributed by atoms with Gasteiger partial charge < -0.3 is 24.2 Å². The Morgan fingerprint density at radius 3 is 2.88 bits per heavy atom. The lowest BCUT2D eigenvalue weighted by Crippen LogP contribution is -2.45. The first-order valence-corrected chi connectivity index (χ1v) is 7.65. The summed E-state index contributed by atoms with van der Waals surface area (Å²) in [6, 6.07) is 0. The summed E-state index contributed by atoms with van der Waals surface area (Å²) in [6.07, 6.45) is 2.22. The summed E-state index contributed by atoms with van der Waals surface area (Å²) in [7, 11) is 0. The zero-order valence-electron chi connectivity index (χ0n) is 13.1. The smallest absolute Gasteiger partial charge is 0.233 e. The lowest BCUT2D eigenvalue weighted by Gasteiger charge is -2.37. The molecule has 2 N–H and O–H groups in total. The van der Waals surface area contributed by atoms with Crippen molar-refractivity contribution in [2.24, 2.45) is 0 Å². The van der Waals surface area contributed by atoms with Gasteiger partial charge in [-0.25, -0.2) is 15.0 Å². The Kier molecular flexibility index (Phi) is 3.62. The van der Waals surface area contributed by atoms with Crippen LogP contribution in [0.5, 0.6) is 0 Å². The van der Waals surface area contributed by atoms with Crippen molar-refractivity contribution in [3.05, 3.63) is 24.4 Å². The average Bonchev–Trinajstić information content (AvgIpc) is 3.13. The van der Waals surface area contributed by atoms with Crippen LogP contribution in [0, 0.1) is 6.92 Å². The first-order valence-electron chi connectivity index (χ1n) is 7.65. The highest BCUT2D eigenvalue weighted by Gasteiger charge is 2.34. The topological polar surface area (TPSA) is 126 Å². The van der Waals surface area contributed by atoms with Gasteiger partial charge in [0, 0.05) is 13.1 Å². The third-order valence-corrected chi connectivity index (χ3v) is 4.07. The molecule has 1 fully saturated rings. The Labute approximate surface area is 136 Å². The highest BCUT2D eigenvalue weighted by atomic mass is 16.5. The van der Waals surface area contributed by atoms with E-state index in [2.05, 4.69) is 30.0 Å². The molecule has 1 saturated heterocycles. The Morgan fingerprint density at radius 2 is 2.17 bits per heavy atom. The van der Waals surface area contributed by atoms with Crippen molar-refractivity contribution in [2.75, 3.05) is 24.6 Å². The molecule has 1 aliphatic rings. The van der Waals surface area contributed by atoms with Gasteiger partial charge in [-0.2, -0.15) is 4.98 Å². The molecular formula is C14H17N7O3. The number of fused-ring (bicyclic) bond motifs is 1. The quantitative estimate of drug-likeness (QED) is 0.634. The Morgan fingerprint density at radius 1 is 1.33 bits per heavy atom. The molecule has 0 spiro atoms. The van der Waals surface area contributed by atoms with Crippen molar-refractivity contribution >= 4 is 17.0 Å². The summed E-state index contributed by atoms with van der Waals surface area (Å²) < 4.78 is 6.92. The van der Waals surface area contributed by atoms with E-state index in [1.165, 1.54) is 6.33 Å². The molecular weight excluding hydrogens is 314 g/mol. The van der Waals surface area contributed by atoms with Crippen LogP contribution in [0.4, 0.5) is 5.82 Å². The van der Waals surface area contributed by atoms with Gasteiger partial charge in [-0.15, -0.1) is 0 Å². The molecule has 10 nitrogen and oxygen atoms in total. The highest BCUT2D eigenvalue weighted by molar-refractivity contribution is 5.83. The second-order valence-corrected chi connectivity index (χ2v) is 5.88. The summed E-state index contributed by atoms with van der Waals surface area (Å²) in [5.74, 6) is 2.21. The SMILES string of the molecule is Cc1noc(C2CN(c3ncnc4c3ncn4CC(O)CO)C2)n1. The number of aromatic nitrogens is 6. The molecule has 0 aliphatic carbocycles. The molecule has 1 atom stereocenters. The Balaban J connectivity index is 1.55. The lowest BCUT2D eigenvalue weighted by molar-refractivity contribution is 0.0820. The molecule has 0 radical (unpaired) electrons. The summed E-state index contributed by atoms with van der Waals surface area (Å²) in [5.41, 5.74) is 1.30.